The Morgan fingerprint density at radius 3 is 2.40 bits per heavy atom. The van der Waals surface area contributed by atoms with Crippen LogP contribution in [-0.4, -0.2) is 26.7 Å². The lowest BCUT2D eigenvalue weighted by atomic mass is 10.1. The molecule has 1 atom stereocenters. The van der Waals surface area contributed by atoms with Gasteiger partial charge in [-0.1, -0.05) is 0 Å². The first-order chi connectivity index (χ1) is 9.17. The lowest BCUT2D eigenvalue weighted by Gasteiger charge is -2.40. The summed E-state index contributed by atoms with van der Waals surface area (Å²) >= 11 is 0. The third-order valence-electron chi connectivity index (χ3n) is 3.54. The third-order valence-corrected chi connectivity index (χ3v) is 5.37. The van der Waals surface area contributed by atoms with Crippen LogP contribution in [0.3, 0.4) is 0 Å². The number of anilines is 1. The topological polar surface area (TPSA) is 54.5 Å². The molecule has 1 aliphatic rings. The van der Waals surface area contributed by atoms with Gasteiger partial charge in [0.15, 0.2) is 5.78 Å². The molecular formula is C15H19NO3S. The SMILES string of the molecule is CC(=O)c1ccc2c(c1)S(=O)C(C)(C)C(=O)N2C(C)C. The minimum absolute atomic E-state index is 0.0268. The van der Waals surface area contributed by atoms with Gasteiger partial charge in [0.1, 0.15) is 4.75 Å². The van der Waals surface area contributed by atoms with Crippen LogP contribution in [0.4, 0.5) is 5.69 Å². The van der Waals surface area contributed by atoms with Crippen LogP contribution < -0.4 is 4.90 Å². The number of benzene rings is 1. The molecule has 108 valence electrons. The number of nitrogens with zero attached hydrogens (tertiary/aromatic N) is 1. The third kappa shape index (κ3) is 2.10. The number of Topliss-reactive ketones (excluding diaryl/α,β-unsaturated/α-hetero) is 1. The van der Waals surface area contributed by atoms with E-state index in [1.807, 2.05) is 13.8 Å². The molecule has 5 heteroatoms. The fraction of sp³-hybridized carbons (Fsp3) is 0.467. The predicted octanol–water partition coefficient (Wildman–Crippen LogP) is 2.53. The highest BCUT2D eigenvalue weighted by Crippen LogP contribution is 2.39. The molecule has 0 N–H and O–H groups in total. The van der Waals surface area contributed by atoms with Crippen LogP contribution in [0.15, 0.2) is 23.1 Å². The monoisotopic (exact) mass is 293 g/mol. The van der Waals surface area contributed by atoms with Crippen LogP contribution in [0.2, 0.25) is 0 Å². The summed E-state index contributed by atoms with van der Waals surface area (Å²) < 4.78 is 11.7. The summed E-state index contributed by atoms with van der Waals surface area (Å²) in [4.78, 5) is 26.3. The maximum absolute atomic E-state index is 12.6. The molecule has 2 rings (SSSR count). The van der Waals surface area contributed by atoms with Crippen LogP contribution in [0.5, 0.6) is 0 Å². The van der Waals surface area contributed by atoms with Gasteiger partial charge in [-0.25, -0.2) is 0 Å². The Labute approximate surface area is 121 Å². The Bertz CT molecular complexity index is 620. The molecule has 1 aromatic rings. The fourth-order valence-electron chi connectivity index (χ4n) is 2.35. The smallest absolute Gasteiger partial charge is 0.245 e. The number of hydrogen-bond acceptors (Lipinski definition) is 3. The summed E-state index contributed by atoms with van der Waals surface area (Å²) in [6.07, 6.45) is 0. The minimum atomic E-state index is -1.46. The Hall–Kier alpha value is -1.49. The van der Waals surface area contributed by atoms with E-state index in [4.69, 9.17) is 0 Å². The Morgan fingerprint density at radius 2 is 1.90 bits per heavy atom. The van der Waals surface area contributed by atoms with E-state index < -0.39 is 15.5 Å². The van der Waals surface area contributed by atoms with E-state index in [-0.39, 0.29) is 17.7 Å². The number of rotatable bonds is 2. The van der Waals surface area contributed by atoms with Crippen molar-refractivity contribution in [2.24, 2.45) is 0 Å². The molecular weight excluding hydrogens is 274 g/mol. The molecule has 1 aromatic carbocycles. The van der Waals surface area contributed by atoms with Gasteiger partial charge in [0.2, 0.25) is 5.91 Å². The Balaban J connectivity index is 2.71. The molecule has 1 unspecified atom stereocenters. The van der Waals surface area contributed by atoms with Crippen molar-refractivity contribution in [3.63, 3.8) is 0 Å². The molecule has 20 heavy (non-hydrogen) atoms. The Kier molecular flexibility index (Phi) is 3.58. The number of carbonyl (C=O) groups excluding carboxylic acids is 2. The second-order valence-electron chi connectivity index (χ2n) is 5.79. The number of hydrogen-bond donors (Lipinski definition) is 0. The van der Waals surface area contributed by atoms with Crippen molar-refractivity contribution in [2.45, 2.75) is 50.3 Å². The highest BCUT2D eigenvalue weighted by atomic mass is 32.2. The quantitative estimate of drug-likeness (QED) is 0.787. The zero-order chi connectivity index (χ0) is 15.2. The molecule has 0 radical (unpaired) electrons. The van der Waals surface area contributed by atoms with E-state index in [9.17, 15) is 13.8 Å². The first-order valence-corrected chi connectivity index (χ1v) is 7.73. The van der Waals surface area contributed by atoms with Crippen LogP contribution in [0.25, 0.3) is 0 Å². The standard InChI is InChI=1S/C15H19NO3S/c1-9(2)16-12-7-6-11(10(3)17)8-13(12)20(19)15(4,5)14(16)18/h6-9H,1-5H3. The molecule has 0 fully saturated rings. The fourth-order valence-corrected chi connectivity index (χ4v) is 3.74. The molecule has 0 bridgehead atoms. The summed E-state index contributed by atoms with van der Waals surface area (Å²) in [6.45, 7) is 8.69. The molecule has 0 spiro atoms. The van der Waals surface area contributed by atoms with E-state index in [1.165, 1.54) is 6.92 Å². The van der Waals surface area contributed by atoms with Gasteiger partial charge in [0.05, 0.1) is 21.4 Å². The van der Waals surface area contributed by atoms with E-state index in [0.717, 1.165) is 0 Å². The minimum Gasteiger partial charge on any atom is -0.307 e. The average Bonchev–Trinajstić information content (AvgIpc) is 2.36. The van der Waals surface area contributed by atoms with Gasteiger partial charge in [-0.15, -0.1) is 0 Å². The van der Waals surface area contributed by atoms with E-state index in [1.54, 1.807) is 36.9 Å². The molecule has 0 aliphatic carbocycles. The zero-order valence-corrected chi connectivity index (χ0v) is 13.2. The predicted molar refractivity (Wildman–Crippen MR) is 79.6 cm³/mol. The average molecular weight is 293 g/mol. The maximum Gasteiger partial charge on any atom is 0.245 e. The lowest BCUT2D eigenvalue weighted by molar-refractivity contribution is -0.120. The molecule has 1 aliphatic heterocycles. The van der Waals surface area contributed by atoms with Gasteiger partial charge in [-0.3, -0.25) is 13.8 Å². The van der Waals surface area contributed by atoms with Crippen LogP contribution in [0, 0.1) is 0 Å². The van der Waals surface area contributed by atoms with Crippen molar-refractivity contribution in [1.82, 2.24) is 0 Å². The second kappa shape index (κ2) is 4.81. The van der Waals surface area contributed by atoms with Crippen molar-refractivity contribution in [1.29, 1.82) is 0 Å². The van der Waals surface area contributed by atoms with Crippen LogP contribution >= 0.6 is 0 Å². The normalized spacial score (nSPS) is 21.0. The van der Waals surface area contributed by atoms with Gasteiger partial charge in [0, 0.05) is 11.6 Å². The molecule has 1 heterocycles. The second-order valence-corrected chi connectivity index (χ2v) is 7.78. The van der Waals surface area contributed by atoms with Crippen molar-refractivity contribution >= 4 is 28.2 Å². The largest absolute Gasteiger partial charge is 0.307 e. The molecule has 4 nitrogen and oxygen atoms in total. The summed E-state index contributed by atoms with van der Waals surface area (Å²) in [5.41, 5.74) is 1.17. The molecule has 1 amide bonds. The van der Waals surface area contributed by atoms with Crippen LogP contribution in [-0.2, 0) is 15.6 Å². The van der Waals surface area contributed by atoms with Gasteiger partial charge in [-0.2, -0.15) is 0 Å². The Morgan fingerprint density at radius 1 is 1.30 bits per heavy atom. The van der Waals surface area contributed by atoms with Crippen molar-refractivity contribution in [2.75, 3.05) is 4.90 Å². The van der Waals surface area contributed by atoms with E-state index in [2.05, 4.69) is 0 Å². The number of carbonyl (C=O) groups is 2. The maximum atomic E-state index is 12.6. The summed E-state index contributed by atoms with van der Waals surface area (Å²) in [5.74, 6) is -0.218. The van der Waals surface area contributed by atoms with Gasteiger partial charge < -0.3 is 4.90 Å². The first kappa shape index (κ1) is 14.9. The lowest BCUT2D eigenvalue weighted by Crippen LogP contribution is -2.54. The number of fused-ring (bicyclic) bond motifs is 1. The highest BCUT2D eigenvalue weighted by Gasteiger charge is 2.46. The highest BCUT2D eigenvalue weighted by molar-refractivity contribution is 7.87. The summed E-state index contributed by atoms with van der Waals surface area (Å²) in [7, 11) is -1.46. The van der Waals surface area contributed by atoms with Crippen LogP contribution in [0.1, 0.15) is 45.0 Å². The zero-order valence-electron chi connectivity index (χ0n) is 12.4. The molecule has 0 saturated heterocycles. The number of ketones is 1. The molecule has 0 aromatic heterocycles. The van der Waals surface area contributed by atoms with E-state index in [0.29, 0.717) is 16.1 Å². The summed E-state index contributed by atoms with van der Waals surface area (Å²) in [5, 5.41) is 0. The molecule has 0 saturated carbocycles. The van der Waals surface area contributed by atoms with Gasteiger partial charge in [0.25, 0.3) is 0 Å². The number of amides is 1. The van der Waals surface area contributed by atoms with E-state index >= 15 is 0 Å². The first-order valence-electron chi connectivity index (χ1n) is 6.58. The van der Waals surface area contributed by atoms with Crippen molar-refractivity contribution in [3.05, 3.63) is 23.8 Å². The van der Waals surface area contributed by atoms with Crippen molar-refractivity contribution < 1.29 is 13.8 Å². The van der Waals surface area contributed by atoms with Gasteiger partial charge >= 0.3 is 0 Å². The van der Waals surface area contributed by atoms with Gasteiger partial charge in [-0.05, 0) is 52.8 Å². The summed E-state index contributed by atoms with van der Waals surface area (Å²) in [6, 6.07) is 5.02. The van der Waals surface area contributed by atoms with Crippen molar-refractivity contribution in [3.8, 4) is 0 Å².